The molecule has 1 saturated heterocycles. The first-order valence-electron chi connectivity index (χ1n) is 9.83. The van der Waals surface area contributed by atoms with E-state index in [1.54, 1.807) is 18.2 Å². The molecule has 0 saturated carbocycles. The van der Waals surface area contributed by atoms with Gasteiger partial charge in [-0.05, 0) is 12.1 Å². The SMILES string of the molecule is O=C(c1csc(NS(=O)(=O)c2ccccc2)n1)N1CCOC(COc2cc(F)cc(F)c2)C1. The second-order valence-corrected chi connectivity index (χ2v) is 9.66. The quantitative estimate of drug-likeness (QED) is 0.541. The highest BCUT2D eigenvalue weighted by atomic mass is 32.2. The third-order valence-electron chi connectivity index (χ3n) is 4.70. The zero-order valence-corrected chi connectivity index (χ0v) is 18.7. The van der Waals surface area contributed by atoms with Gasteiger partial charge in [0.2, 0.25) is 0 Å². The van der Waals surface area contributed by atoms with Crippen LogP contribution in [0.1, 0.15) is 10.5 Å². The Hall–Kier alpha value is -3.09. The number of aromatic nitrogens is 1. The van der Waals surface area contributed by atoms with Crippen LogP contribution >= 0.6 is 11.3 Å². The molecule has 1 aromatic heterocycles. The summed E-state index contributed by atoms with van der Waals surface area (Å²) >= 11 is 0.999. The van der Waals surface area contributed by atoms with Gasteiger partial charge in [0.15, 0.2) is 5.13 Å². The first-order valence-corrected chi connectivity index (χ1v) is 12.2. The first kappa shape index (κ1) is 23.1. The van der Waals surface area contributed by atoms with Crippen LogP contribution in [0, 0.1) is 11.6 Å². The number of nitrogens with zero attached hydrogens (tertiary/aromatic N) is 2. The van der Waals surface area contributed by atoms with E-state index in [0.29, 0.717) is 6.54 Å². The fourth-order valence-corrected chi connectivity index (χ4v) is 5.12. The van der Waals surface area contributed by atoms with Gasteiger partial charge in [0, 0.05) is 30.1 Å². The van der Waals surface area contributed by atoms with Gasteiger partial charge in [-0.1, -0.05) is 18.2 Å². The summed E-state index contributed by atoms with van der Waals surface area (Å²) in [7, 11) is -3.82. The minimum absolute atomic E-state index is 0.00807. The number of halogens is 2. The van der Waals surface area contributed by atoms with E-state index in [4.69, 9.17) is 9.47 Å². The molecule has 1 aliphatic heterocycles. The number of ether oxygens (including phenoxy) is 2. The normalized spacial score (nSPS) is 16.4. The Morgan fingerprint density at radius 1 is 1.21 bits per heavy atom. The van der Waals surface area contributed by atoms with E-state index in [9.17, 15) is 22.0 Å². The Morgan fingerprint density at radius 2 is 1.94 bits per heavy atom. The number of carbonyl (C=O) groups is 1. The molecule has 1 N–H and O–H groups in total. The minimum atomic E-state index is -3.82. The number of benzene rings is 2. The maximum absolute atomic E-state index is 13.3. The molecule has 1 atom stereocenters. The molecule has 2 aromatic carbocycles. The zero-order valence-electron chi connectivity index (χ0n) is 17.1. The van der Waals surface area contributed by atoms with Crippen molar-refractivity contribution >= 4 is 32.4 Å². The van der Waals surface area contributed by atoms with Gasteiger partial charge in [-0.15, -0.1) is 11.3 Å². The monoisotopic (exact) mass is 495 g/mol. The molecule has 0 spiro atoms. The number of hydrogen-bond donors (Lipinski definition) is 1. The number of rotatable bonds is 7. The minimum Gasteiger partial charge on any atom is -0.491 e. The fraction of sp³-hybridized carbons (Fsp3) is 0.238. The van der Waals surface area contributed by atoms with Crippen LogP contribution in [0.2, 0.25) is 0 Å². The van der Waals surface area contributed by atoms with Crippen molar-refractivity contribution in [1.82, 2.24) is 9.88 Å². The topological polar surface area (TPSA) is 97.8 Å². The van der Waals surface area contributed by atoms with E-state index in [0.717, 1.165) is 29.5 Å². The van der Waals surface area contributed by atoms with Gasteiger partial charge >= 0.3 is 0 Å². The van der Waals surface area contributed by atoms with E-state index in [-0.39, 0.29) is 47.1 Å². The van der Waals surface area contributed by atoms with Crippen LogP contribution in [-0.2, 0) is 14.8 Å². The summed E-state index contributed by atoms with van der Waals surface area (Å²) in [6, 6.07) is 10.7. The third-order valence-corrected chi connectivity index (χ3v) is 6.94. The lowest BCUT2D eigenvalue weighted by Gasteiger charge is -2.32. The maximum Gasteiger partial charge on any atom is 0.273 e. The summed E-state index contributed by atoms with van der Waals surface area (Å²) in [5, 5.41) is 1.55. The van der Waals surface area contributed by atoms with Crippen LogP contribution in [-0.4, -0.2) is 56.6 Å². The highest BCUT2D eigenvalue weighted by Gasteiger charge is 2.27. The van der Waals surface area contributed by atoms with Crippen molar-refractivity contribution in [2.45, 2.75) is 11.0 Å². The summed E-state index contributed by atoms with van der Waals surface area (Å²) in [5.74, 6) is -1.88. The van der Waals surface area contributed by atoms with Crippen LogP contribution < -0.4 is 9.46 Å². The molecule has 1 unspecified atom stereocenters. The molecule has 0 radical (unpaired) electrons. The molecule has 33 heavy (non-hydrogen) atoms. The Kier molecular flexibility index (Phi) is 6.86. The maximum atomic E-state index is 13.3. The Labute approximate surface area is 192 Å². The van der Waals surface area contributed by atoms with Gasteiger partial charge in [-0.25, -0.2) is 22.2 Å². The number of hydrogen-bond acceptors (Lipinski definition) is 7. The van der Waals surface area contributed by atoms with E-state index < -0.39 is 27.8 Å². The molecular weight excluding hydrogens is 476 g/mol. The summed E-state index contributed by atoms with van der Waals surface area (Å²) in [6.07, 6.45) is -0.510. The van der Waals surface area contributed by atoms with Crippen molar-refractivity contribution in [3.8, 4) is 5.75 Å². The van der Waals surface area contributed by atoms with Crippen molar-refractivity contribution in [3.63, 3.8) is 0 Å². The number of morpholine rings is 1. The van der Waals surface area contributed by atoms with Gasteiger partial charge in [0.25, 0.3) is 15.9 Å². The molecule has 8 nitrogen and oxygen atoms in total. The number of carbonyl (C=O) groups excluding carboxylic acids is 1. The molecule has 3 aromatic rings. The Balaban J connectivity index is 1.36. The average molecular weight is 496 g/mol. The third kappa shape index (κ3) is 5.83. The molecule has 1 fully saturated rings. The van der Waals surface area contributed by atoms with Crippen molar-refractivity contribution < 1.29 is 31.5 Å². The molecule has 1 aliphatic rings. The number of sulfonamides is 1. The standard InChI is InChI=1S/C21H19F2N3O5S2/c22-14-8-15(23)10-16(9-14)31-12-17-11-26(6-7-30-17)20(27)19-13-32-21(24-19)25-33(28,29)18-4-2-1-3-5-18/h1-5,8-10,13,17H,6-7,11-12H2,(H,24,25). The van der Waals surface area contributed by atoms with Gasteiger partial charge < -0.3 is 14.4 Å². The second-order valence-electron chi connectivity index (χ2n) is 7.12. The largest absolute Gasteiger partial charge is 0.491 e. The van der Waals surface area contributed by atoms with Crippen molar-refractivity contribution in [1.29, 1.82) is 0 Å². The van der Waals surface area contributed by atoms with Crippen LogP contribution in [0.4, 0.5) is 13.9 Å². The van der Waals surface area contributed by atoms with E-state index in [1.807, 2.05) is 0 Å². The van der Waals surface area contributed by atoms with Crippen molar-refractivity contribution in [2.24, 2.45) is 0 Å². The van der Waals surface area contributed by atoms with E-state index >= 15 is 0 Å². The van der Waals surface area contributed by atoms with Crippen LogP contribution in [0.25, 0.3) is 0 Å². The lowest BCUT2D eigenvalue weighted by atomic mass is 10.2. The molecule has 0 aliphatic carbocycles. The summed E-state index contributed by atoms with van der Waals surface area (Å²) in [5.41, 5.74) is 0.0968. The van der Waals surface area contributed by atoms with Gasteiger partial charge in [-0.3, -0.25) is 9.52 Å². The van der Waals surface area contributed by atoms with Crippen molar-refractivity contribution in [3.05, 3.63) is 71.2 Å². The van der Waals surface area contributed by atoms with Crippen LogP contribution in [0.3, 0.4) is 0 Å². The number of amides is 1. The first-order chi connectivity index (χ1) is 15.8. The highest BCUT2D eigenvalue weighted by molar-refractivity contribution is 7.93. The predicted octanol–water partition coefficient (Wildman–Crippen LogP) is 3.14. The van der Waals surface area contributed by atoms with Crippen LogP contribution in [0.5, 0.6) is 5.75 Å². The van der Waals surface area contributed by atoms with Gasteiger partial charge in [0.1, 0.15) is 35.8 Å². The lowest BCUT2D eigenvalue weighted by Crippen LogP contribution is -2.47. The Bertz CT molecular complexity index is 1220. The van der Waals surface area contributed by atoms with E-state index in [1.165, 1.54) is 22.4 Å². The molecule has 4 rings (SSSR count). The molecule has 2 heterocycles. The molecular formula is C21H19F2N3O5S2. The summed E-state index contributed by atoms with van der Waals surface area (Å²) < 4.78 is 64.8. The highest BCUT2D eigenvalue weighted by Crippen LogP contribution is 2.22. The number of nitrogens with one attached hydrogen (secondary N) is 1. The predicted molar refractivity (Wildman–Crippen MR) is 117 cm³/mol. The molecule has 12 heteroatoms. The molecule has 174 valence electrons. The second kappa shape index (κ2) is 9.81. The number of thiazole rings is 1. The number of anilines is 1. The summed E-state index contributed by atoms with van der Waals surface area (Å²) in [6.45, 7) is 0.729. The lowest BCUT2D eigenvalue weighted by molar-refractivity contribution is -0.0403. The average Bonchev–Trinajstić information content (AvgIpc) is 3.25. The fourth-order valence-electron chi connectivity index (χ4n) is 3.16. The zero-order chi connectivity index (χ0) is 23.4. The van der Waals surface area contributed by atoms with Crippen molar-refractivity contribution in [2.75, 3.05) is 31.0 Å². The van der Waals surface area contributed by atoms with Gasteiger partial charge in [0.05, 0.1) is 18.0 Å². The van der Waals surface area contributed by atoms with Crippen LogP contribution in [0.15, 0.2) is 58.8 Å². The Morgan fingerprint density at radius 3 is 2.67 bits per heavy atom. The van der Waals surface area contributed by atoms with Gasteiger partial charge in [-0.2, -0.15) is 0 Å². The molecule has 0 bridgehead atoms. The molecule has 1 amide bonds. The van der Waals surface area contributed by atoms with E-state index in [2.05, 4.69) is 9.71 Å². The summed E-state index contributed by atoms with van der Waals surface area (Å²) in [4.78, 5) is 18.6. The smallest absolute Gasteiger partial charge is 0.273 e.